The average molecular weight is 249 g/mol. The Balaban J connectivity index is 2.26. The van der Waals surface area contributed by atoms with Gasteiger partial charge in [0.15, 0.2) is 0 Å². The predicted molar refractivity (Wildman–Crippen MR) is 69.5 cm³/mol. The zero-order chi connectivity index (χ0) is 13.2. The zero-order valence-corrected chi connectivity index (χ0v) is 10.9. The largest absolute Gasteiger partial charge is 0.377 e. The number of rotatable bonds is 8. The van der Waals surface area contributed by atoms with Gasteiger partial charge in [0.05, 0.1) is 12.2 Å². The van der Waals surface area contributed by atoms with Crippen LogP contribution in [0.25, 0.3) is 0 Å². The van der Waals surface area contributed by atoms with Crippen LogP contribution in [0.5, 0.6) is 0 Å². The molecule has 0 aliphatic rings. The Morgan fingerprint density at radius 3 is 2.72 bits per heavy atom. The summed E-state index contributed by atoms with van der Waals surface area (Å²) < 4.78 is 19.1. The van der Waals surface area contributed by atoms with Crippen LogP contribution in [0.3, 0.4) is 0 Å². The van der Waals surface area contributed by atoms with Crippen molar-refractivity contribution in [2.24, 2.45) is 0 Å². The maximum atomic E-state index is 13.6. The van der Waals surface area contributed by atoms with Gasteiger partial charge >= 0.3 is 0 Å². The second-order valence-corrected chi connectivity index (χ2v) is 4.36. The molecule has 0 heterocycles. The minimum absolute atomic E-state index is 0.0824. The van der Waals surface area contributed by atoms with Crippen molar-refractivity contribution < 1.29 is 9.13 Å². The molecule has 0 saturated heterocycles. The minimum atomic E-state index is -0.453. The molecule has 0 fully saturated rings. The minimum Gasteiger partial charge on any atom is -0.377 e. The van der Waals surface area contributed by atoms with Gasteiger partial charge in [0.1, 0.15) is 11.9 Å². The number of hydrogen-bond acceptors (Lipinski definition) is 2. The van der Waals surface area contributed by atoms with Gasteiger partial charge in [-0.25, -0.2) is 4.39 Å². The molecule has 0 saturated carbocycles. The molecule has 98 valence electrons. The van der Waals surface area contributed by atoms with Gasteiger partial charge in [-0.05, 0) is 12.5 Å². The molecule has 0 unspecified atom stereocenters. The molecule has 0 amide bonds. The van der Waals surface area contributed by atoms with E-state index in [4.69, 9.17) is 10.00 Å². The van der Waals surface area contributed by atoms with Crippen LogP contribution < -0.4 is 0 Å². The molecular weight excluding hydrogens is 229 g/mol. The SMILES string of the molecule is CCCCCCCOCc1cccc(C#N)c1F. The van der Waals surface area contributed by atoms with Crippen molar-refractivity contribution in [2.75, 3.05) is 6.61 Å². The summed E-state index contributed by atoms with van der Waals surface area (Å²) in [6, 6.07) is 6.65. The summed E-state index contributed by atoms with van der Waals surface area (Å²) in [5, 5.41) is 8.70. The topological polar surface area (TPSA) is 33.0 Å². The van der Waals surface area contributed by atoms with Gasteiger partial charge in [0.2, 0.25) is 0 Å². The number of halogens is 1. The van der Waals surface area contributed by atoms with Crippen molar-refractivity contribution in [1.82, 2.24) is 0 Å². The molecule has 0 spiro atoms. The second-order valence-electron chi connectivity index (χ2n) is 4.36. The number of nitrogens with zero attached hydrogens (tertiary/aromatic N) is 1. The molecule has 2 nitrogen and oxygen atoms in total. The first-order valence-corrected chi connectivity index (χ1v) is 6.54. The summed E-state index contributed by atoms with van der Waals surface area (Å²) >= 11 is 0. The van der Waals surface area contributed by atoms with Gasteiger partial charge in [0.25, 0.3) is 0 Å². The standard InChI is InChI=1S/C15H20FNO/c1-2-3-4-5-6-10-18-12-14-9-7-8-13(11-17)15(14)16/h7-9H,2-6,10,12H2,1H3. The lowest BCUT2D eigenvalue weighted by atomic mass is 10.1. The maximum Gasteiger partial charge on any atom is 0.146 e. The van der Waals surface area contributed by atoms with Crippen LogP contribution in [0.4, 0.5) is 4.39 Å². The second kappa shape index (κ2) is 8.66. The van der Waals surface area contributed by atoms with Gasteiger partial charge in [-0.3, -0.25) is 0 Å². The van der Waals surface area contributed by atoms with E-state index in [1.807, 2.05) is 6.07 Å². The predicted octanol–water partition coefficient (Wildman–Crippen LogP) is 4.18. The molecule has 3 heteroatoms. The molecule has 0 radical (unpaired) electrons. The Hall–Kier alpha value is -1.40. The molecule has 0 aliphatic heterocycles. The molecule has 0 aliphatic carbocycles. The van der Waals surface area contributed by atoms with Gasteiger partial charge in [-0.2, -0.15) is 5.26 Å². The van der Waals surface area contributed by atoms with E-state index in [9.17, 15) is 4.39 Å². The van der Waals surface area contributed by atoms with E-state index in [2.05, 4.69) is 6.92 Å². The first-order valence-electron chi connectivity index (χ1n) is 6.54. The summed E-state index contributed by atoms with van der Waals surface area (Å²) in [4.78, 5) is 0. The molecule has 1 rings (SSSR count). The van der Waals surface area contributed by atoms with Crippen molar-refractivity contribution in [1.29, 1.82) is 5.26 Å². The van der Waals surface area contributed by atoms with Crippen LogP contribution >= 0.6 is 0 Å². The van der Waals surface area contributed by atoms with Crippen LogP contribution in [0.2, 0.25) is 0 Å². The lowest BCUT2D eigenvalue weighted by Gasteiger charge is -2.06. The smallest absolute Gasteiger partial charge is 0.146 e. The molecule has 0 aromatic heterocycles. The lowest BCUT2D eigenvalue weighted by molar-refractivity contribution is 0.114. The highest BCUT2D eigenvalue weighted by molar-refractivity contribution is 5.34. The molecule has 0 N–H and O–H groups in total. The third-order valence-electron chi connectivity index (χ3n) is 2.85. The van der Waals surface area contributed by atoms with Crippen molar-refractivity contribution in [2.45, 2.75) is 45.6 Å². The van der Waals surface area contributed by atoms with Gasteiger partial charge in [-0.1, -0.05) is 44.7 Å². The molecule has 1 aromatic rings. The number of unbranched alkanes of at least 4 members (excludes halogenated alkanes) is 4. The first kappa shape index (κ1) is 14.7. The average Bonchev–Trinajstić information content (AvgIpc) is 2.39. The third kappa shape index (κ3) is 4.85. The summed E-state index contributed by atoms with van der Waals surface area (Å²) in [5.74, 6) is -0.453. The van der Waals surface area contributed by atoms with Crippen LogP contribution in [0.15, 0.2) is 18.2 Å². The molecule has 0 bridgehead atoms. The summed E-state index contributed by atoms with van der Waals surface area (Å²) in [6.07, 6.45) is 5.90. The third-order valence-corrected chi connectivity index (χ3v) is 2.85. The van der Waals surface area contributed by atoms with E-state index in [0.717, 1.165) is 12.8 Å². The van der Waals surface area contributed by atoms with E-state index in [-0.39, 0.29) is 12.2 Å². The van der Waals surface area contributed by atoms with Crippen LogP contribution in [0, 0.1) is 17.1 Å². The molecule has 0 atom stereocenters. The lowest BCUT2D eigenvalue weighted by Crippen LogP contribution is -1.99. The highest BCUT2D eigenvalue weighted by Gasteiger charge is 2.06. The maximum absolute atomic E-state index is 13.6. The summed E-state index contributed by atoms with van der Waals surface area (Å²) in [5.41, 5.74) is 0.543. The van der Waals surface area contributed by atoms with Crippen molar-refractivity contribution >= 4 is 0 Å². The van der Waals surface area contributed by atoms with Gasteiger partial charge in [-0.15, -0.1) is 0 Å². The number of benzene rings is 1. The Morgan fingerprint density at radius 1 is 1.22 bits per heavy atom. The fourth-order valence-electron chi connectivity index (χ4n) is 1.77. The van der Waals surface area contributed by atoms with E-state index in [1.165, 1.54) is 25.3 Å². The first-order chi connectivity index (χ1) is 8.79. The summed E-state index contributed by atoms with van der Waals surface area (Å²) in [6.45, 7) is 3.08. The van der Waals surface area contributed by atoms with Gasteiger partial charge < -0.3 is 4.74 Å². The van der Waals surface area contributed by atoms with Crippen molar-refractivity contribution in [3.05, 3.63) is 35.1 Å². The van der Waals surface area contributed by atoms with Gasteiger partial charge in [0, 0.05) is 12.2 Å². The highest BCUT2D eigenvalue weighted by Crippen LogP contribution is 2.13. The van der Waals surface area contributed by atoms with Crippen LogP contribution in [0.1, 0.15) is 50.2 Å². The van der Waals surface area contributed by atoms with E-state index >= 15 is 0 Å². The van der Waals surface area contributed by atoms with Crippen LogP contribution in [-0.2, 0) is 11.3 Å². The fourth-order valence-corrected chi connectivity index (χ4v) is 1.77. The summed E-state index contributed by atoms with van der Waals surface area (Å²) in [7, 11) is 0. The molecule has 1 aromatic carbocycles. The monoisotopic (exact) mass is 249 g/mol. The molecule has 18 heavy (non-hydrogen) atoms. The van der Waals surface area contributed by atoms with E-state index < -0.39 is 5.82 Å². The highest BCUT2D eigenvalue weighted by atomic mass is 19.1. The molecular formula is C15H20FNO. The normalized spacial score (nSPS) is 10.3. The Bertz CT molecular complexity index is 398. The Kier molecular flexibility index (Phi) is 7.05. The Labute approximate surface area is 108 Å². The number of hydrogen-bond donors (Lipinski definition) is 0. The van der Waals surface area contributed by atoms with E-state index in [0.29, 0.717) is 12.2 Å². The van der Waals surface area contributed by atoms with Crippen molar-refractivity contribution in [3.63, 3.8) is 0 Å². The van der Waals surface area contributed by atoms with Crippen molar-refractivity contribution in [3.8, 4) is 6.07 Å². The van der Waals surface area contributed by atoms with E-state index in [1.54, 1.807) is 12.1 Å². The quantitative estimate of drug-likeness (QED) is 0.647. The number of ether oxygens (including phenoxy) is 1. The number of nitriles is 1. The zero-order valence-electron chi connectivity index (χ0n) is 10.9. The fraction of sp³-hybridized carbons (Fsp3) is 0.533. The van der Waals surface area contributed by atoms with Crippen LogP contribution in [-0.4, -0.2) is 6.61 Å². The Morgan fingerprint density at radius 2 is 2.00 bits per heavy atom.